The summed E-state index contributed by atoms with van der Waals surface area (Å²) in [7, 11) is -4.06. The van der Waals surface area contributed by atoms with Crippen molar-refractivity contribution in [2.75, 3.05) is 0 Å². The van der Waals surface area contributed by atoms with Crippen LogP contribution in [-0.2, 0) is 16.8 Å². The Hall–Kier alpha value is -1.32. The molecule has 0 unspecified atom stereocenters. The molecule has 1 saturated heterocycles. The van der Waals surface area contributed by atoms with Crippen molar-refractivity contribution in [2.24, 2.45) is 4.40 Å². The predicted octanol–water partition coefficient (Wildman–Crippen LogP) is 2.03. The maximum Gasteiger partial charge on any atom is 0.325 e. The van der Waals surface area contributed by atoms with Crippen molar-refractivity contribution in [2.45, 2.75) is 6.54 Å². The van der Waals surface area contributed by atoms with Crippen LogP contribution in [0.5, 0.6) is 0 Å². The number of halogens is 3. The van der Waals surface area contributed by atoms with Crippen LogP contribution in [0.3, 0.4) is 0 Å². The number of benzene rings is 1. The zero-order valence-corrected chi connectivity index (χ0v) is 13.8. The number of urea groups is 1. The lowest BCUT2D eigenvalue weighted by atomic mass is 10.2. The Morgan fingerprint density at radius 2 is 1.82 bits per heavy atom. The van der Waals surface area contributed by atoms with Crippen molar-refractivity contribution in [3.05, 3.63) is 45.0 Å². The van der Waals surface area contributed by atoms with E-state index in [9.17, 15) is 13.2 Å². The quantitative estimate of drug-likeness (QED) is 0.741. The van der Waals surface area contributed by atoms with Gasteiger partial charge >= 0.3 is 16.2 Å². The fourth-order valence-electron chi connectivity index (χ4n) is 1.51. The van der Waals surface area contributed by atoms with Gasteiger partial charge in [0, 0.05) is 11.6 Å². The third-order valence-electron chi connectivity index (χ3n) is 2.48. The van der Waals surface area contributed by atoms with Gasteiger partial charge in [0.05, 0.1) is 0 Å². The Bertz CT molecular complexity index is 755. The van der Waals surface area contributed by atoms with Gasteiger partial charge in [0.2, 0.25) is 0 Å². The summed E-state index contributed by atoms with van der Waals surface area (Å²) in [6.07, 6.45) is 0. The second-order valence-electron chi connectivity index (χ2n) is 4.08. The summed E-state index contributed by atoms with van der Waals surface area (Å²) in [5, 5.41) is 4.96. The van der Waals surface area contributed by atoms with E-state index in [1.165, 1.54) is 0 Å². The van der Waals surface area contributed by atoms with Gasteiger partial charge in [-0.15, -0.1) is 4.40 Å². The minimum Gasteiger partial charge on any atom is -0.302 e. The molecule has 1 aliphatic heterocycles. The molecule has 1 heterocycles. The predicted molar refractivity (Wildman–Crippen MR) is 85.0 cm³/mol. The van der Waals surface area contributed by atoms with Gasteiger partial charge in [-0.2, -0.15) is 13.1 Å². The van der Waals surface area contributed by atoms with E-state index in [2.05, 4.69) is 19.8 Å². The highest BCUT2D eigenvalue weighted by molar-refractivity contribution is 7.88. The van der Waals surface area contributed by atoms with Crippen molar-refractivity contribution in [1.29, 1.82) is 0 Å². The molecule has 1 fully saturated rings. The number of hydrogen-bond donors (Lipinski definition) is 3. The molecule has 0 aromatic heterocycles. The van der Waals surface area contributed by atoms with Gasteiger partial charge in [-0.05, 0) is 17.7 Å². The summed E-state index contributed by atoms with van der Waals surface area (Å²) >= 11 is 16.8. The average molecular weight is 384 g/mol. The second kappa shape index (κ2) is 6.84. The van der Waals surface area contributed by atoms with Crippen molar-refractivity contribution >= 4 is 56.9 Å². The summed E-state index contributed by atoms with van der Waals surface area (Å²) in [4.78, 5) is 11.2. The number of nitrogens with zero attached hydrogens (tertiary/aromatic N) is 1. The topological polar surface area (TPSA) is 99.7 Å². The molecule has 2 rings (SSSR count). The fourth-order valence-corrected chi connectivity index (χ4v) is 2.70. The molecule has 1 aromatic carbocycles. The number of rotatable bonds is 4. The standard InChI is InChI=1S/C11H9Cl3N4O3S/c12-7-3-1-6(2-4-7)5-15-22(20,21)18-10-8(9(13)14)16-11(19)17-10/h1-4,15H,5H2,(H2,16,17,18,19). The Morgan fingerprint density at radius 3 is 2.41 bits per heavy atom. The molecule has 1 aromatic rings. The number of carbonyl (C=O) groups excluding carboxylic acids is 1. The van der Waals surface area contributed by atoms with Crippen LogP contribution in [0, 0.1) is 0 Å². The first-order valence-electron chi connectivity index (χ1n) is 5.74. The lowest BCUT2D eigenvalue weighted by molar-refractivity contribution is 0.250. The number of nitrogens with one attached hydrogen (secondary N) is 3. The van der Waals surface area contributed by atoms with Crippen LogP contribution in [0.2, 0.25) is 5.02 Å². The van der Waals surface area contributed by atoms with Gasteiger partial charge in [0.15, 0.2) is 5.84 Å². The largest absolute Gasteiger partial charge is 0.325 e. The van der Waals surface area contributed by atoms with Crippen LogP contribution in [0.4, 0.5) is 4.79 Å². The van der Waals surface area contributed by atoms with Crippen LogP contribution >= 0.6 is 34.8 Å². The molecule has 0 bridgehead atoms. The van der Waals surface area contributed by atoms with E-state index in [0.717, 1.165) is 0 Å². The van der Waals surface area contributed by atoms with E-state index in [-0.39, 0.29) is 22.6 Å². The normalized spacial score (nSPS) is 16.6. The van der Waals surface area contributed by atoms with Crippen molar-refractivity contribution in [3.63, 3.8) is 0 Å². The molecular formula is C11H9Cl3N4O3S. The first-order chi connectivity index (χ1) is 10.3. The number of hydrogen-bond acceptors (Lipinski definition) is 3. The summed E-state index contributed by atoms with van der Waals surface area (Å²) in [6.45, 7) is 0.00527. The minimum absolute atomic E-state index is 0.00527. The molecule has 0 saturated carbocycles. The molecule has 22 heavy (non-hydrogen) atoms. The molecule has 118 valence electrons. The molecular weight excluding hydrogens is 375 g/mol. The van der Waals surface area contributed by atoms with E-state index >= 15 is 0 Å². The summed E-state index contributed by atoms with van der Waals surface area (Å²) in [5.74, 6) is -0.284. The van der Waals surface area contributed by atoms with Crippen LogP contribution in [0.25, 0.3) is 0 Å². The van der Waals surface area contributed by atoms with Gasteiger partial charge in [-0.25, -0.2) is 4.79 Å². The van der Waals surface area contributed by atoms with Crippen molar-refractivity contribution < 1.29 is 13.2 Å². The molecule has 0 radical (unpaired) electrons. The first kappa shape index (κ1) is 17.0. The zero-order valence-electron chi connectivity index (χ0n) is 10.7. The Balaban J connectivity index is 2.13. The van der Waals surface area contributed by atoms with E-state index in [4.69, 9.17) is 34.8 Å². The molecule has 0 atom stereocenters. The smallest absolute Gasteiger partial charge is 0.302 e. The molecule has 2 amide bonds. The molecule has 11 heteroatoms. The lowest BCUT2D eigenvalue weighted by Gasteiger charge is -2.04. The molecule has 0 aliphatic carbocycles. The second-order valence-corrected chi connectivity index (χ2v) is 6.88. The van der Waals surface area contributed by atoms with Crippen LogP contribution < -0.4 is 15.4 Å². The highest BCUT2D eigenvalue weighted by Crippen LogP contribution is 2.16. The monoisotopic (exact) mass is 382 g/mol. The van der Waals surface area contributed by atoms with E-state index < -0.39 is 16.2 Å². The molecule has 7 nitrogen and oxygen atoms in total. The number of amidine groups is 1. The lowest BCUT2D eigenvalue weighted by Crippen LogP contribution is -2.27. The van der Waals surface area contributed by atoms with E-state index in [1.54, 1.807) is 24.3 Å². The summed E-state index contributed by atoms with van der Waals surface area (Å²) in [5.41, 5.74) is 0.582. The molecule has 3 N–H and O–H groups in total. The Labute approximate surface area is 141 Å². The van der Waals surface area contributed by atoms with Crippen LogP contribution in [-0.4, -0.2) is 20.3 Å². The summed E-state index contributed by atoms with van der Waals surface area (Å²) in [6, 6.07) is 5.91. The SMILES string of the molecule is O=C1NC(=C(Cl)Cl)/C(=N/S(=O)(=O)NCc2ccc(Cl)cc2)N1. The van der Waals surface area contributed by atoms with Crippen LogP contribution in [0.15, 0.2) is 38.9 Å². The summed E-state index contributed by atoms with van der Waals surface area (Å²) < 4.78 is 29.1. The third-order valence-corrected chi connectivity index (χ3v) is 4.04. The maximum absolute atomic E-state index is 11.9. The first-order valence-corrected chi connectivity index (χ1v) is 8.32. The maximum atomic E-state index is 11.9. The van der Waals surface area contributed by atoms with Crippen LogP contribution in [0.1, 0.15) is 5.56 Å². The average Bonchev–Trinajstić information content (AvgIpc) is 2.78. The molecule has 0 spiro atoms. The highest BCUT2D eigenvalue weighted by Gasteiger charge is 2.26. The van der Waals surface area contributed by atoms with Gasteiger partial charge < -0.3 is 5.32 Å². The van der Waals surface area contributed by atoms with Crippen molar-refractivity contribution in [3.8, 4) is 0 Å². The molecule has 1 aliphatic rings. The van der Waals surface area contributed by atoms with Gasteiger partial charge in [0.1, 0.15) is 10.2 Å². The minimum atomic E-state index is -4.06. The zero-order chi connectivity index (χ0) is 16.3. The van der Waals surface area contributed by atoms with Gasteiger partial charge in [-0.1, -0.05) is 46.9 Å². The van der Waals surface area contributed by atoms with E-state index in [0.29, 0.717) is 10.6 Å². The third kappa shape index (κ3) is 4.59. The van der Waals surface area contributed by atoms with Crippen molar-refractivity contribution in [1.82, 2.24) is 15.4 Å². The van der Waals surface area contributed by atoms with Gasteiger partial charge in [-0.3, -0.25) is 5.32 Å². The van der Waals surface area contributed by atoms with Gasteiger partial charge in [0.25, 0.3) is 0 Å². The Morgan fingerprint density at radius 1 is 1.18 bits per heavy atom. The number of carbonyl (C=O) groups is 1. The Kier molecular flexibility index (Phi) is 5.30. The fraction of sp³-hybridized carbons (Fsp3) is 0.0909. The number of amides is 2. The highest BCUT2D eigenvalue weighted by atomic mass is 35.5. The van der Waals surface area contributed by atoms with E-state index in [1.807, 2.05) is 0 Å².